The molecule has 2 rings (SSSR count). The van der Waals surface area contributed by atoms with E-state index in [4.69, 9.17) is 9.15 Å². The van der Waals surface area contributed by atoms with Crippen molar-refractivity contribution in [3.05, 3.63) is 30.0 Å². The van der Waals surface area contributed by atoms with Crippen molar-refractivity contribution >= 4 is 16.9 Å². The van der Waals surface area contributed by atoms with E-state index in [1.807, 2.05) is 19.1 Å². The van der Waals surface area contributed by atoms with Crippen molar-refractivity contribution in [1.29, 1.82) is 0 Å². The minimum absolute atomic E-state index is 0.202. The maximum Gasteiger partial charge on any atom is 0.287 e. The van der Waals surface area contributed by atoms with Gasteiger partial charge in [0.05, 0.1) is 13.2 Å². The lowest BCUT2D eigenvalue weighted by Crippen LogP contribution is -2.29. The number of ether oxygens (including phenoxy) is 1. The van der Waals surface area contributed by atoms with Crippen molar-refractivity contribution in [2.24, 2.45) is 5.92 Å². The predicted octanol–water partition coefficient (Wildman–Crippen LogP) is 2.58. The Balaban J connectivity index is 2.06. The number of benzene rings is 1. The summed E-state index contributed by atoms with van der Waals surface area (Å²) in [4.78, 5) is 12.1. The lowest BCUT2D eigenvalue weighted by atomic mass is 10.0. The lowest BCUT2D eigenvalue weighted by molar-refractivity contribution is 0.0914. The van der Waals surface area contributed by atoms with E-state index in [1.165, 1.54) is 0 Å². The number of carbonyl (C=O) groups excluding carboxylic acids is 1. The molecule has 5 heteroatoms. The molecule has 0 saturated carbocycles. The Labute approximate surface area is 123 Å². The van der Waals surface area contributed by atoms with Crippen LogP contribution in [0.2, 0.25) is 0 Å². The monoisotopic (exact) mass is 291 g/mol. The second-order valence-corrected chi connectivity index (χ2v) is 5.39. The highest BCUT2D eigenvalue weighted by Gasteiger charge is 2.15. The van der Waals surface area contributed by atoms with Crippen LogP contribution in [0.5, 0.6) is 5.75 Å². The second kappa shape index (κ2) is 6.63. The first-order valence-corrected chi connectivity index (χ1v) is 7.04. The van der Waals surface area contributed by atoms with Gasteiger partial charge in [-0.3, -0.25) is 4.79 Å². The molecule has 1 amide bonds. The first kappa shape index (κ1) is 15.4. The smallest absolute Gasteiger partial charge is 0.287 e. The summed E-state index contributed by atoms with van der Waals surface area (Å²) in [6.45, 7) is 4.22. The summed E-state index contributed by atoms with van der Waals surface area (Å²) < 4.78 is 10.8. The molecule has 1 heterocycles. The molecule has 0 bridgehead atoms. The molecule has 114 valence electrons. The van der Waals surface area contributed by atoms with Crippen LogP contribution in [0.3, 0.4) is 0 Å². The van der Waals surface area contributed by atoms with Crippen LogP contribution in [-0.2, 0) is 0 Å². The van der Waals surface area contributed by atoms with E-state index in [1.54, 1.807) is 26.2 Å². The summed E-state index contributed by atoms with van der Waals surface area (Å²) in [7, 11) is 1.56. The van der Waals surface area contributed by atoms with Gasteiger partial charge in [-0.25, -0.2) is 0 Å². The summed E-state index contributed by atoms with van der Waals surface area (Å²) in [6, 6.07) is 7.21. The minimum Gasteiger partial charge on any atom is -0.493 e. The number of rotatable bonds is 6. The molecule has 1 aromatic carbocycles. The van der Waals surface area contributed by atoms with Gasteiger partial charge in [-0.15, -0.1) is 0 Å². The SMILES string of the molecule is COc1cccc2cc(C(=O)NCC(C)CC(C)O)oc12. The summed E-state index contributed by atoms with van der Waals surface area (Å²) in [6.07, 6.45) is 0.279. The zero-order valence-corrected chi connectivity index (χ0v) is 12.6. The average Bonchev–Trinajstić information content (AvgIpc) is 2.87. The van der Waals surface area contributed by atoms with Gasteiger partial charge in [0.15, 0.2) is 17.1 Å². The van der Waals surface area contributed by atoms with E-state index in [-0.39, 0.29) is 23.7 Å². The number of hydrogen-bond donors (Lipinski definition) is 2. The van der Waals surface area contributed by atoms with Crippen molar-refractivity contribution in [3.8, 4) is 5.75 Å². The third-order valence-corrected chi connectivity index (χ3v) is 3.31. The molecule has 1 aromatic heterocycles. The topological polar surface area (TPSA) is 71.7 Å². The summed E-state index contributed by atoms with van der Waals surface area (Å²) in [5, 5.41) is 13.0. The number of methoxy groups -OCH3 is 1. The molecule has 0 spiro atoms. The molecular formula is C16H21NO4. The fourth-order valence-electron chi connectivity index (χ4n) is 2.33. The molecule has 2 atom stereocenters. The third-order valence-electron chi connectivity index (χ3n) is 3.31. The highest BCUT2D eigenvalue weighted by Crippen LogP contribution is 2.28. The molecule has 0 aliphatic rings. The first-order valence-electron chi connectivity index (χ1n) is 7.04. The van der Waals surface area contributed by atoms with E-state index < -0.39 is 0 Å². The number of hydrogen-bond acceptors (Lipinski definition) is 4. The van der Waals surface area contributed by atoms with Crippen LogP contribution in [0.1, 0.15) is 30.8 Å². The van der Waals surface area contributed by atoms with Crippen molar-refractivity contribution < 1.29 is 19.1 Å². The Bertz CT molecular complexity index is 618. The Hall–Kier alpha value is -2.01. The van der Waals surface area contributed by atoms with Gasteiger partial charge < -0.3 is 19.6 Å². The Morgan fingerprint density at radius 3 is 2.86 bits per heavy atom. The van der Waals surface area contributed by atoms with Crippen LogP contribution < -0.4 is 10.1 Å². The van der Waals surface area contributed by atoms with Gasteiger partial charge in [-0.2, -0.15) is 0 Å². The molecule has 5 nitrogen and oxygen atoms in total. The number of amides is 1. The van der Waals surface area contributed by atoms with Crippen LogP contribution in [0.4, 0.5) is 0 Å². The number of aliphatic hydroxyl groups is 1. The van der Waals surface area contributed by atoms with Gasteiger partial charge in [-0.1, -0.05) is 19.1 Å². The molecule has 0 saturated heterocycles. The third kappa shape index (κ3) is 3.76. The molecule has 0 fully saturated rings. The fraction of sp³-hybridized carbons (Fsp3) is 0.438. The van der Waals surface area contributed by atoms with Crippen LogP contribution in [0, 0.1) is 5.92 Å². The number of carbonyl (C=O) groups is 1. The lowest BCUT2D eigenvalue weighted by Gasteiger charge is -2.13. The van der Waals surface area contributed by atoms with Crippen molar-refractivity contribution in [3.63, 3.8) is 0 Å². The zero-order valence-electron chi connectivity index (χ0n) is 12.6. The van der Waals surface area contributed by atoms with Crippen molar-refractivity contribution in [2.45, 2.75) is 26.4 Å². The van der Waals surface area contributed by atoms with Gasteiger partial charge in [0.1, 0.15) is 0 Å². The maximum atomic E-state index is 12.1. The average molecular weight is 291 g/mol. The zero-order chi connectivity index (χ0) is 15.4. The molecule has 2 aromatic rings. The quantitative estimate of drug-likeness (QED) is 0.858. The number of fused-ring (bicyclic) bond motifs is 1. The number of aliphatic hydroxyl groups excluding tert-OH is 1. The largest absolute Gasteiger partial charge is 0.493 e. The molecule has 2 unspecified atom stereocenters. The predicted molar refractivity (Wildman–Crippen MR) is 80.6 cm³/mol. The normalized spacial score (nSPS) is 13.9. The molecular weight excluding hydrogens is 270 g/mol. The van der Waals surface area contributed by atoms with Gasteiger partial charge in [0.2, 0.25) is 0 Å². The van der Waals surface area contributed by atoms with Crippen LogP contribution in [0.25, 0.3) is 11.0 Å². The fourth-order valence-corrected chi connectivity index (χ4v) is 2.33. The molecule has 21 heavy (non-hydrogen) atoms. The summed E-state index contributed by atoms with van der Waals surface area (Å²) in [5.74, 6) is 0.811. The van der Waals surface area contributed by atoms with Crippen LogP contribution in [0.15, 0.2) is 28.7 Å². The molecule has 0 radical (unpaired) electrons. The number of para-hydroxylation sites is 1. The number of nitrogens with one attached hydrogen (secondary N) is 1. The highest BCUT2D eigenvalue weighted by molar-refractivity contribution is 5.97. The molecule has 2 N–H and O–H groups in total. The van der Waals surface area contributed by atoms with Crippen molar-refractivity contribution in [2.75, 3.05) is 13.7 Å². The van der Waals surface area contributed by atoms with E-state index in [2.05, 4.69) is 5.32 Å². The van der Waals surface area contributed by atoms with E-state index in [0.717, 1.165) is 5.39 Å². The van der Waals surface area contributed by atoms with E-state index in [9.17, 15) is 9.90 Å². The van der Waals surface area contributed by atoms with Gasteiger partial charge in [0.25, 0.3) is 5.91 Å². The van der Waals surface area contributed by atoms with Crippen LogP contribution >= 0.6 is 0 Å². The van der Waals surface area contributed by atoms with E-state index >= 15 is 0 Å². The maximum absolute atomic E-state index is 12.1. The minimum atomic E-state index is -0.368. The van der Waals surface area contributed by atoms with Crippen molar-refractivity contribution in [1.82, 2.24) is 5.32 Å². The Morgan fingerprint density at radius 1 is 1.43 bits per heavy atom. The van der Waals surface area contributed by atoms with Gasteiger partial charge >= 0.3 is 0 Å². The number of furan rings is 1. The second-order valence-electron chi connectivity index (χ2n) is 5.39. The highest BCUT2D eigenvalue weighted by atomic mass is 16.5. The Kier molecular flexibility index (Phi) is 4.85. The Morgan fingerprint density at radius 2 is 2.19 bits per heavy atom. The summed E-state index contributed by atoms with van der Waals surface area (Å²) >= 11 is 0. The first-order chi connectivity index (χ1) is 10.0. The van der Waals surface area contributed by atoms with E-state index in [0.29, 0.717) is 24.3 Å². The molecule has 0 aliphatic heterocycles. The standard InChI is InChI=1S/C16H21NO4/c1-10(7-11(2)18)9-17-16(19)14-8-12-5-4-6-13(20-3)15(12)21-14/h4-6,8,10-11,18H,7,9H2,1-3H3,(H,17,19). The summed E-state index contributed by atoms with van der Waals surface area (Å²) in [5.41, 5.74) is 0.571. The van der Waals surface area contributed by atoms with Gasteiger partial charge in [-0.05, 0) is 31.4 Å². The molecule has 0 aliphatic carbocycles. The van der Waals surface area contributed by atoms with Gasteiger partial charge in [0, 0.05) is 11.9 Å². The van der Waals surface area contributed by atoms with Crippen LogP contribution in [-0.4, -0.2) is 30.8 Å².